The van der Waals surface area contributed by atoms with Gasteiger partial charge in [-0.3, -0.25) is 4.79 Å². The highest BCUT2D eigenvalue weighted by atomic mass is 16.1. The third-order valence-electron chi connectivity index (χ3n) is 3.31. The maximum Gasteiger partial charge on any atom is 0.142 e. The number of allylic oxidation sites excluding steroid dienone is 4. The summed E-state index contributed by atoms with van der Waals surface area (Å²) in [6.07, 6.45) is 12.6. The van der Waals surface area contributed by atoms with E-state index in [1.54, 1.807) is 6.08 Å². The van der Waals surface area contributed by atoms with Crippen LogP contribution < -0.4 is 0 Å². The number of rotatable bonds is 4. The van der Waals surface area contributed by atoms with Crippen LogP contribution in [0.3, 0.4) is 0 Å². The van der Waals surface area contributed by atoms with Crippen LogP contribution in [0.2, 0.25) is 0 Å². The molecular weight excluding hydrogens is 172 g/mol. The fourth-order valence-corrected chi connectivity index (χ4v) is 2.38. The maximum atomic E-state index is 10.2. The predicted octanol–water partition coefficient (Wildman–Crippen LogP) is 3.37. The van der Waals surface area contributed by atoms with Gasteiger partial charge in [0.2, 0.25) is 0 Å². The summed E-state index contributed by atoms with van der Waals surface area (Å²) in [7, 11) is 0. The Morgan fingerprint density at radius 3 is 2.93 bits per heavy atom. The van der Waals surface area contributed by atoms with Gasteiger partial charge in [-0.05, 0) is 36.7 Å². The average Bonchev–Trinajstić information content (AvgIpc) is 2.20. The zero-order chi connectivity index (χ0) is 10.4. The topological polar surface area (TPSA) is 17.1 Å². The molecule has 3 unspecified atom stereocenters. The monoisotopic (exact) mass is 192 g/mol. The Bertz CT molecular complexity index is 227. The molecule has 0 aromatic heterocycles. The van der Waals surface area contributed by atoms with Gasteiger partial charge in [0, 0.05) is 0 Å². The molecule has 0 saturated heterocycles. The van der Waals surface area contributed by atoms with Crippen molar-refractivity contribution < 1.29 is 4.79 Å². The molecular formula is C13H20O. The molecule has 0 aromatic rings. The number of hydrogen-bond donors (Lipinski definition) is 0. The highest BCUT2D eigenvalue weighted by Gasteiger charge is 2.24. The normalized spacial score (nSPS) is 32.3. The second kappa shape index (κ2) is 5.79. The van der Waals surface area contributed by atoms with Crippen LogP contribution in [0.15, 0.2) is 24.3 Å². The van der Waals surface area contributed by atoms with Crippen LogP contribution in [0.5, 0.6) is 0 Å². The van der Waals surface area contributed by atoms with Gasteiger partial charge in [-0.2, -0.15) is 0 Å². The molecule has 0 fully saturated rings. The first-order chi connectivity index (χ1) is 6.79. The van der Waals surface area contributed by atoms with E-state index in [4.69, 9.17) is 0 Å². The summed E-state index contributed by atoms with van der Waals surface area (Å²) >= 11 is 0. The number of carbonyl (C=O) groups excluding carboxylic acids is 1. The molecule has 14 heavy (non-hydrogen) atoms. The van der Waals surface area contributed by atoms with Gasteiger partial charge in [-0.25, -0.2) is 0 Å². The summed E-state index contributed by atoms with van der Waals surface area (Å²) in [5, 5.41) is 0. The lowest BCUT2D eigenvalue weighted by molar-refractivity contribution is -0.104. The Kier molecular flexibility index (Phi) is 4.64. The second-order valence-electron chi connectivity index (χ2n) is 4.16. The first kappa shape index (κ1) is 11.2. The van der Waals surface area contributed by atoms with E-state index in [-0.39, 0.29) is 0 Å². The van der Waals surface area contributed by atoms with E-state index < -0.39 is 0 Å². The third kappa shape index (κ3) is 2.83. The van der Waals surface area contributed by atoms with Crippen LogP contribution in [-0.2, 0) is 4.79 Å². The van der Waals surface area contributed by atoms with E-state index in [2.05, 4.69) is 26.0 Å². The fraction of sp³-hybridized carbons (Fsp3) is 0.615. The summed E-state index contributed by atoms with van der Waals surface area (Å²) < 4.78 is 0. The zero-order valence-corrected chi connectivity index (χ0v) is 9.15. The number of hydrogen-bond acceptors (Lipinski definition) is 1. The summed E-state index contributed by atoms with van der Waals surface area (Å²) in [5.74, 6) is 2.18. The van der Waals surface area contributed by atoms with Crippen LogP contribution in [-0.4, -0.2) is 6.29 Å². The van der Waals surface area contributed by atoms with Crippen molar-refractivity contribution in [2.75, 3.05) is 0 Å². The Balaban J connectivity index is 2.56. The first-order valence-corrected chi connectivity index (χ1v) is 5.56. The molecule has 1 rings (SSSR count). The second-order valence-corrected chi connectivity index (χ2v) is 4.16. The third-order valence-corrected chi connectivity index (χ3v) is 3.31. The summed E-state index contributed by atoms with van der Waals surface area (Å²) in [5.41, 5.74) is 0. The molecule has 0 heterocycles. The number of aldehydes is 1. The van der Waals surface area contributed by atoms with Gasteiger partial charge in [-0.15, -0.1) is 0 Å². The van der Waals surface area contributed by atoms with E-state index in [9.17, 15) is 4.79 Å². The standard InChI is InChI=1S/C13H20O/c1-3-12-8-6-7-11(2)13(12)9-4-5-10-14/h4-7,10-13H,3,8-9H2,1-2H3/b5-4+. The van der Waals surface area contributed by atoms with E-state index in [1.807, 2.05) is 6.08 Å². The molecule has 0 bridgehead atoms. The van der Waals surface area contributed by atoms with Gasteiger partial charge in [0.15, 0.2) is 0 Å². The molecule has 0 aromatic carbocycles. The molecule has 0 radical (unpaired) electrons. The average molecular weight is 192 g/mol. The zero-order valence-electron chi connectivity index (χ0n) is 9.15. The minimum Gasteiger partial charge on any atom is -0.299 e. The molecule has 78 valence electrons. The highest BCUT2D eigenvalue weighted by molar-refractivity contribution is 5.64. The minimum absolute atomic E-state index is 0.657. The van der Waals surface area contributed by atoms with Crippen molar-refractivity contribution in [3.8, 4) is 0 Å². The van der Waals surface area contributed by atoms with Gasteiger partial charge in [-0.1, -0.05) is 38.5 Å². The summed E-state index contributed by atoms with van der Waals surface area (Å²) in [4.78, 5) is 10.2. The SMILES string of the molecule is CCC1CC=CC(C)C1C/C=C/C=O. The van der Waals surface area contributed by atoms with Crippen molar-refractivity contribution in [2.45, 2.75) is 33.1 Å². The lowest BCUT2D eigenvalue weighted by atomic mass is 9.74. The molecule has 0 aliphatic heterocycles. The Labute approximate surface area is 86.9 Å². The molecule has 0 spiro atoms. The van der Waals surface area contributed by atoms with Gasteiger partial charge < -0.3 is 0 Å². The van der Waals surface area contributed by atoms with E-state index in [1.165, 1.54) is 12.8 Å². The van der Waals surface area contributed by atoms with Crippen molar-refractivity contribution >= 4 is 6.29 Å². The predicted molar refractivity (Wildman–Crippen MR) is 60.0 cm³/mol. The molecule has 1 nitrogen and oxygen atoms in total. The minimum atomic E-state index is 0.657. The smallest absolute Gasteiger partial charge is 0.142 e. The lowest BCUT2D eigenvalue weighted by Gasteiger charge is -2.31. The fourth-order valence-electron chi connectivity index (χ4n) is 2.38. The molecule has 0 amide bonds. The van der Waals surface area contributed by atoms with Crippen LogP contribution in [0.1, 0.15) is 33.1 Å². The Morgan fingerprint density at radius 2 is 2.29 bits per heavy atom. The van der Waals surface area contributed by atoms with Gasteiger partial charge in [0.1, 0.15) is 6.29 Å². The van der Waals surface area contributed by atoms with Crippen molar-refractivity contribution in [1.82, 2.24) is 0 Å². The molecule has 0 N–H and O–H groups in total. The van der Waals surface area contributed by atoms with Gasteiger partial charge in [0.05, 0.1) is 0 Å². The van der Waals surface area contributed by atoms with E-state index in [0.717, 1.165) is 24.5 Å². The van der Waals surface area contributed by atoms with Crippen LogP contribution >= 0.6 is 0 Å². The van der Waals surface area contributed by atoms with Crippen molar-refractivity contribution in [1.29, 1.82) is 0 Å². The van der Waals surface area contributed by atoms with E-state index in [0.29, 0.717) is 5.92 Å². The molecule has 1 heteroatoms. The van der Waals surface area contributed by atoms with E-state index >= 15 is 0 Å². The lowest BCUT2D eigenvalue weighted by Crippen LogP contribution is -2.22. The van der Waals surface area contributed by atoms with Crippen LogP contribution in [0.25, 0.3) is 0 Å². The van der Waals surface area contributed by atoms with Gasteiger partial charge in [0.25, 0.3) is 0 Å². The maximum absolute atomic E-state index is 10.2. The number of carbonyl (C=O) groups is 1. The Hall–Kier alpha value is -0.850. The quantitative estimate of drug-likeness (QED) is 0.379. The molecule has 1 aliphatic rings. The summed E-state index contributed by atoms with van der Waals surface area (Å²) in [6.45, 7) is 4.53. The molecule has 0 saturated carbocycles. The molecule has 3 atom stereocenters. The van der Waals surface area contributed by atoms with Gasteiger partial charge >= 0.3 is 0 Å². The highest BCUT2D eigenvalue weighted by Crippen LogP contribution is 2.34. The van der Waals surface area contributed by atoms with Crippen LogP contribution in [0.4, 0.5) is 0 Å². The van der Waals surface area contributed by atoms with Crippen molar-refractivity contribution in [3.63, 3.8) is 0 Å². The van der Waals surface area contributed by atoms with Crippen LogP contribution in [0, 0.1) is 17.8 Å². The Morgan fingerprint density at radius 1 is 1.50 bits per heavy atom. The van der Waals surface area contributed by atoms with Crippen molar-refractivity contribution in [2.24, 2.45) is 17.8 Å². The summed E-state index contributed by atoms with van der Waals surface area (Å²) in [6, 6.07) is 0. The molecule has 1 aliphatic carbocycles. The largest absolute Gasteiger partial charge is 0.299 e. The van der Waals surface area contributed by atoms with Crippen molar-refractivity contribution in [3.05, 3.63) is 24.3 Å². The first-order valence-electron chi connectivity index (χ1n) is 5.56.